The Morgan fingerprint density at radius 3 is 2.50 bits per heavy atom. The number of aryl methyl sites for hydroxylation is 1. The van der Waals surface area contributed by atoms with Crippen LogP contribution in [0.25, 0.3) is 5.76 Å². The standard InChI is InChI=1S/C23H17FN2O6/c1-13-4-5-15(11-18(13)24)21(27)19-20(14-6-8-16(9-7-14)26(30)31)25(23(29)22(19)28)12-17-3-2-10-32-17/h2-11,20,27H,12H2,1H3/t20-/m1/s1. The highest BCUT2D eigenvalue weighted by atomic mass is 19.1. The number of nitro groups is 1. The number of carbonyl (C=O) groups excluding carboxylic acids is 2. The first kappa shape index (κ1) is 21.0. The van der Waals surface area contributed by atoms with Gasteiger partial charge < -0.3 is 14.4 Å². The van der Waals surface area contributed by atoms with Crippen LogP contribution >= 0.6 is 0 Å². The van der Waals surface area contributed by atoms with Crippen molar-refractivity contribution in [1.29, 1.82) is 0 Å². The van der Waals surface area contributed by atoms with Gasteiger partial charge in [0, 0.05) is 17.7 Å². The number of hydrogen-bond donors (Lipinski definition) is 1. The molecule has 162 valence electrons. The van der Waals surface area contributed by atoms with E-state index in [0.717, 1.165) is 6.07 Å². The minimum absolute atomic E-state index is 0.0380. The predicted molar refractivity (Wildman–Crippen MR) is 111 cm³/mol. The van der Waals surface area contributed by atoms with Gasteiger partial charge in [-0.05, 0) is 48.4 Å². The van der Waals surface area contributed by atoms with E-state index in [2.05, 4.69) is 0 Å². The molecule has 1 aromatic heterocycles. The van der Waals surface area contributed by atoms with Gasteiger partial charge in [0.05, 0.1) is 29.3 Å². The van der Waals surface area contributed by atoms with Gasteiger partial charge in [0.1, 0.15) is 17.3 Å². The molecule has 1 amide bonds. The van der Waals surface area contributed by atoms with E-state index in [1.165, 1.54) is 47.6 Å². The molecule has 0 saturated carbocycles. The number of Topliss-reactive ketones (excluding diaryl/α,β-unsaturated/α-hetero) is 1. The molecule has 4 rings (SSSR count). The second kappa shape index (κ2) is 8.10. The van der Waals surface area contributed by atoms with Crippen LogP contribution in [0.4, 0.5) is 10.1 Å². The number of non-ortho nitro benzene ring substituents is 1. The van der Waals surface area contributed by atoms with Crippen LogP contribution in [-0.4, -0.2) is 26.6 Å². The van der Waals surface area contributed by atoms with E-state index in [0.29, 0.717) is 16.9 Å². The van der Waals surface area contributed by atoms with Gasteiger partial charge in [-0.25, -0.2) is 4.39 Å². The summed E-state index contributed by atoms with van der Waals surface area (Å²) in [5.41, 5.74) is 0.356. The van der Waals surface area contributed by atoms with Crippen molar-refractivity contribution in [3.8, 4) is 0 Å². The number of furan rings is 1. The smallest absolute Gasteiger partial charge is 0.296 e. The Kier molecular flexibility index (Phi) is 5.31. The zero-order valence-corrected chi connectivity index (χ0v) is 16.8. The summed E-state index contributed by atoms with van der Waals surface area (Å²) in [7, 11) is 0. The van der Waals surface area contributed by atoms with Crippen LogP contribution in [0.2, 0.25) is 0 Å². The molecule has 0 aliphatic carbocycles. The molecular formula is C23H17FN2O6. The first-order valence-electron chi connectivity index (χ1n) is 9.59. The van der Waals surface area contributed by atoms with E-state index in [-0.39, 0.29) is 23.4 Å². The van der Waals surface area contributed by atoms with Crippen LogP contribution in [0.1, 0.15) is 28.5 Å². The van der Waals surface area contributed by atoms with Gasteiger partial charge in [0.25, 0.3) is 17.4 Å². The van der Waals surface area contributed by atoms with Crippen LogP contribution in [0.3, 0.4) is 0 Å². The van der Waals surface area contributed by atoms with E-state index in [1.54, 1.807) is 19.1 Å². The first-order valence-corrected chi connectivity index (χ1v) is 9.59. The number of aliphatic hydroxyl groups is 1. The average molecular weight is 436 g/mol. The molecule has 1 fully saturated rings. The Morgan fingerprint density at radius 1 is 1.19 bits per heavy atom. The molecule has 0 radical (unpaired) electrons. The summed E-state index contributed by atoms with van der Waals surface area (Å²) in [6.45, 7) is 1.48. The normalized spacial score (nSPS) is 17.7. The van der Waals surface area contributed by atoms with Crippen molar-refractivity contribution in [3.63, 3.8) is 0 Å². The molecular weight excluding hydrogens is 419 g/mol. The summed E-state index contributed by atoms with van der Waals surface area (Å²) in [5.74, 6) is -2.53. The van der Waals surface area contributed by atoms with E-state index in [1.807, 2.05) is 0 Å². The molecule has 0 bridgehead atoms. The van der Waals surface area contributed by atoms with Crippen molar-refractivity contribution in [2.75, 3.05) is 0 Å². The van der Waals surface area contributed by atoms with Gasteiger partial charge in [0.15, 0.2) is 0 Å². The summed E-state index contributed by atoms with van der Waals surface area (Å²) in [6, 6.07) is 11.5. The number of likely N-dealkylation sites (tertiary alicyclic amines) is 1. The van der Waals surface area contributed by atoms with Gasteiger partial charge in [0.2, 0.25) is 0 Å². The Morgan fingerprint density at radius 2 is 1.91 bits per heavy atom. The largest absolute Gasteiger partial charge is 0.507 e. The third kappa shape index (κ3) is 3.64. The fourth-order valence-electron chi connectivity index (χ4n) is 3.63. The number of benzene rings is 2. The molecule has 1 N–H and O–H groups in total. The fourth-order valence-corrected chi connectivity index (χ4v) is 3.63. The predicted octanol–water partition coefficient (Wildman–Crippen LogP) is 4.26. The molecule has 1 atom stereocenters. The summed E-state index contributed by atoms with van der Waals surface area (Å²) in [6.07, 6.45) is 1.42. The summed E-state index contributed by atoms with van der Waals surface area (Å²) in [4.78, 5) is 37.4. The van der Waals surface area contributed by atoms with Gasteiger partial charge in [-0.1, -0.05) is 12.1 Å². The lowest BCUT2D eigenvalue weighted by Gasteiger charge is -2.24. The number of aliphatic hydroxyl groups excluding tert-OH is 1. The molecule has 32 heavy (non-hydrogen) atoms. The van der Waals surface area contributed by atoms with E-state index in [4.69, 9.17) is 4.42 Å². The quantitative estimate of drug-likeness (QED) is 0.210. The minimum atomic E-state index is -1.05. The highest BCUT2D eigenvalue weighted by Crippen LogP contribution is 2.40. The number of rotatable bonds is 5. The number of nitrogens with zero attached hydrogens (tertiary/aromatic N) is 2. The monoisotopic (exact) mass is 436 g/mol. The van der Waals surface area contributed by atoms with Crippen molar-refractivity contribution >= 4 is 23.1 Å². The van der Waals surface area contributed by atoms with Crippen LogP contribution < -0.4 is 0 Å². The third-order valence-electron chi connectivity index (χ3n) is 5.31. The zero-order valence-electron chi connectivity index (χ0n) is 16.8. The number of nitro benzene ring substituents is 1. The molecule has 2 aromatic carbocycles. The molecule has 1 saturated heterocycles. The Labute approximate surface area is 181 Å². The summed E-state index contributed by atoms with van der Waals surface area (Å²) >= 11 is 0. The molecule has 2 heterocycles. The molecule has 0 spiro atoms. The van der Waals surface area contributed by atoms with Crippen LogP contribution in [-0.2, 0) is 16.1 Å². The molecule has 8 nitrogen and oxygen atoms in total. The maximum atomic E-state index is 14.1. The average Bonchev–Trinajstić information content (AvgIpc) is 3.37. The van der Waals surface area contributed by atoms with Gasteiger partial charge in [-0.15, -0.1) is 0 Å². The molecule has 1 aliphatic rings. The van der Waals surface area contributed by atoms with Crippen molar-refractivity contribution in [2.24, 2.45) is 0 Å². The molecule has 0 unspecified atom stereocenters. The van der Waals surface area contributed by atoms with Crippen molar-refractivity contribution < 1.29 is 28.4 Å². The lowest BCUT2D eigenvalue weighted by atomic mass is 9.94. The number of hydrogen-bond acceptors (Lipinski definition) is 6. The van der Waals surface area contributed by atoms with Crippen LogP contribution in [0.5, 0.6) is 0 Å². The van der Waals surface area contributed by atoms with Gasteiger partial charge in [-0.2, -0.15) is 0 Å². The fraction of sp³-hybridized carbons (Fsp3) is 0.130. The Bertz CT molecular complexity index is 1250. The first-order chi connectivity index (χ1) is 15.3. The maximum Gasteiger partial charge on any atom is 0.296 e. The topological polar surface area (TPSA) is 114 Å². The van der Waals surface area contributed by atoms with Crippen LogP contribution in [0, 0.1) is 22.9 Å². The highest BCUT2D eigenvalue weighted by Gasteiger charge is 2.46. The lowest BCUT2D eigenvalue weighted by Crippen LogP contribution is -2.29. The van der Waals surface area contributed by atoms with E-state index >= 15 is 0 Å². The molecule has 9 heteroatoms. The van der Waals surface area contributed by atoms with Crippen molar-refractivity contribution in [3.05, 3.63) is 105 Å². The number of halogens is 1. The van der Waals surface area contributed by atoms with Gasteiger partial charge in [-0.3, -0.25) is 19.7 Å². The molecule has 1 aliphatic heterocycles. The second-order valence-electron chi connectivity index (χ2n) is 7.32. The third-order valence-corrected chi connectivity index (χ3v) is 5.31. The van der Waals surface area contributed by atoms with E-state index in [9.17, 15) is 29.2 Å². The van der Waals surface area contributed by atoms with E-state index < -0.39 is 34.2 Å². The zero-order chi connectivity index (χ0) is 23.0. The SMILES string of the molecule is Cc1ccc(C(O)=C2C(=O)C(=O)N(Cc3ccco3)[C@@H]2c2ccc([N+](=O)[O-])cc2)cc1F. The summed E-state index contributed by atoms with van der Waals surface area (Å²) in [5, 5.41) is 21.9. The van der Waals surface area contributed by atoms with Crippen molar-refractivity contribution in [1.82, 2.24) is 4.90 Å². The Balaban J connectivity index is 1.87. The minimum Gasteiger partial charge on any atom is -0.507 e. The summed E-state index contributed by atoms with van der Waals surface area (Å²) < 4.78 is 19.4. The Hall–Kier alpha value is -4.27. The van der Waals surface area contributed by atoms with Crippen molar-refractivity contribution in [2.45, 2.75) is 19.5 Å². The van der Waals surface area contributed by atoms with Gasteiger partial charge >= 0.3 is 0 Å². The van der Waals surface area contributed by atoms with Crippen LogP contribution in [0.15, 0.2) is 70.9 Å². The lowest BCUT2D eigenvalue weighted by molar-refractivity contribution is -0.384. The highest BCUT2D eigenvalue weighted by molar-refractivity contribution is 6.46. The number of ketones is 1. The second-order valence-corrected chi connectivity index (χ2v) is 7.32. The maximum absolute atomic E-state index is 14.1. The molecule has 3 aromatic rings. The number of carbonyl (C=O) groups is 2. The number of amides is 1.